The van der Waals surface area contributed by atoms with E-state index in [0.29, 0.717) is 0 Å². The average molecular weight is 523 g/mol. The minimum Gasteiger partial charge on any atom is -0.348 e. The van der Waals surface area contributed by atoms with Crippen LogP contribution in [-0.2, 0) is 30.9 Å². The number of aromatic nitrogens is 3. The Labute approximate surface area is 168 Å². The molecule has 137 valence electrons. The zero-order valence-corrected chi connectivity index (χ0v) is 18.5. The Kier molecular flexibility index (Phi) is 4.49. The summed E-state index contributed by atoms with van der Waals surface area (Å²) in [4.78, 5) is 9.86. The summed E-state index contributed by atoms with van der Waals surface area (Å²) in [5.41, 5.74) is 6.31. The van der Waals surface area contributed by atoms with Crippen LogP contribution in [0.25, 0.3) is 27.6 Å². The zero-order valence-electron chi connectivity index (χ0n) is 16.1. The fourth-order valence-electron chi connectivity index (χ4n) is 3.28. The molecule has 0 aliphatic rings. The molecule has 0 spiro atoms. The van der Waals surface area contributed by atoms with Gasteiger partial charge in [0.1, 0.15) is 0 Å². The molecule has 1 aromatic carbocycles. The maximum atomic E-state index is 4.96. The molecule has 0 saturated heterocycles. The van der Waals surface area contributed by atoms with Crippen LogP contribution in [0.4, 0.5) is 0 Å². The molecule has 0 unspecified atom stereocenters. The Balaban J connectivity index is 0.00000196. The maximum Gasteiger partial charge on any atom is 0.0774 e. The van der Waals surface area contributed by atoms with E-state index in [2.05, 4.69) is 76.3 Å². The van der Waals surface area contributed by atoms with Crippen LogP contribution in [0.1, 0.15) is 52.9 Å². The van der Waals surface area contributed by atoms with Gasteiger partial charge in [-0.05, 0) is 28.8 Å². The van der Waals surface area contributed by atoms with E-state index >= 15 is 0 Å². The quantitative estimate of drug-likeness (QED) is 0.289. The van der Waals surface area contributed by atoms with Crippen molar-refractivity contribution in [2.45, 2.75) is 52.4 Å². The molecule has 4 rings (SSSR count). The number of nitrogens with zero attached hydrogens (tertiary/aromatic N) is 3. The van der Waals surface area contributed by atoms with Gasteiger partial charge in [-0.25, -0.2) is 0 Å². The van der Waals surface area contributed by atoms with Crippen LogP contribution in [0.15, 0.2) is 36.4 Å². The summed E-state index contributed by atoms with van der Waals surface area (Å²) in [6.07, 6.45) is 0. The van der Waals surface area contributed by atoms with Gasteiger partial charge in [0, 0.05) is 31.2 Å². The number of imidazole rings is 1. The van der Waals surface area contributed by atoms with E-state index in [1.807, 2.05) is 12.1 Å². The zero-order chi connectivity index (χ0) is 18.0. The standard InChI is InChI=1S/C22H24N3.Ir/c1-21(2,3)18-12-11-14-16(23-18)13-19(22(4,5)6)25-17-10-8-7-9-15(17)24-20(14)25;/h7-10,12-13H,1-6H3;/q-1;. The number of fused-ring (bicyclic) bond motifs is 5. The Morgan fingerprint density at radius 1 is 0.885 bits per heavy atom. The van der Waals surface area contributed by atoms with Gasteiger partial charge < -0.3 is 9.38 Å². The molecule has 26 heavy (non-hydrogen) atoms. The first kappa shape index (κ1) is 19.0. The third kappa shape index (κ3) is 2.95. The van der Waals surface area contributed by atoms with Crippen molar-refractivity contribution in [2.24, 2.45) is 0 Å². The van der Waals surface area contributed by atoms with Crippen LogP contribution in [0, 0.1) is 6.07 Å². The monoisotopic (exact) mass is 523 g/mol. The SMILES string of the molecule is CC(C)(C)c1c[c-]c2c(cc(C(C)(C)C)n3c4ccccc4nc23)n1.[Ir]. The second-order valence-electron chi connectivity index (χ2n) is 8.84. The molecule has 0 aliphatic heterocycles. The first-order chi connectivity index (χ1) is 11.7. The largest absolute Gasteiger partial charge is 0.348 e. The Morgan fingerprint density at radius 2 is 1.58 bits per heavy atom. The third-order valence-corrected chi connectivity index (χ3v) is 4.69. The van der Waals surface area contributed by atoms with E-state index in [-0.39, 0.29) is 30.9 Å². The van der Waals surface area contributed by atoms with Gasteiger partial charge in [0.15, 0.2) is 0 Å². The molecule has 3 heterocycles. The van der Waals surface area contributed by atoms with Crippen LogP contribution in [0.3, 0.4) is 0 Å². The van der Waals surface area contributed by atoms with E-state index < -0.39 is 0 Å². The van der Waals surface area contributed by atoms with Crippen molar-refractivity contribution in [3.8, 4) is 0 Å². The normalized spacial score (nSPS) is 12.7. The van der Waals surface area contributed by atoms with Crippen molar-refractivity contribution >= 4 is 27.6 Å². The molecule has 0 aliphatic carbocycles. The topological polar surface area (TPSA) is 30.2 Å². The number of rotatable bonds is 0. The van der Waals surface area contributed by atoms with Gasteiger partial charge in [0.2, 0.25) is 0 Å². The van der Waals surface area contributed by atoms with Gasteiger partial charge >= 0.3 is 0 Å². The van der Waals surface area contributed by atoms with E-state index in [1.54, 1.807) is 0 Å². The summed E-state index contributed by atoms with van der Waals surface area (Å²) in [6.45, 7) is 13.3. The third-order valence-electron chi connectivity index (χ3n) is 4.69. The Morgan fingerprint density at radius 3 is 2.23 bits per heavy atom. The first-order valence-corrected chi connectivity index (χ1v) is 8.80. The molecule has 4 heteroatoms. The molecule has 0 N–H and O–H groups in total. The predicted octanol–water partition coefficient (Wildman–Crippen LogP) is 5.43. The number of hydrogen-bond acceptors (Lipinski definition) is 2. The summed E-state index contributed by atoms with van der Waals surface area (Å²) in [6, 6.07) is 16.0. The molecule has 0 fully saturated rings. The van der Waals surface area contributed by atoms with Crippen molar-refractivity contribution in [3.63, 3.8) is 0 Å². The van der Waals surface area contributed by atoms with E-state index in [0.717, 1.165) is 33.3 Å². The summed E-state index contributed by atoms with van der Waals surface area (Å²) in [7, 11) is 0. The van der Waals surface area contributed by atoms with E-state index in [9.17, 15) is 0 Å². The van der Waals surface area contributed by atoms with Crippen LogP contribution in [0.5, 0.6) is 0 Å². The molecule has 0 atom stereocenters. The molecule has 0 saturated carbocycles. The summed E-state index contributed by atoms with van der Waals surface area (Å²) >= 11 is 0. The van der Waals surface area contributed by atoms with Crippen molar-refractivity contribution < 1.29 is 20.1 Å². The second-order valence-corrected chi connectivity index (χ2v) is 8.84. The molecule has 4 aromatic rings. The van der Waals surface area contributed by atoms with Crippen LogP contribution in [0.2, 0.25) is 0 Å². The number of pyridine rings is 2. The van der Waals surface area contributed by atoms with E-state index in [1.165, 1.54) is 5.69 Å². The van der Waals surface area contributed by atoms with Gasteiger partial charge in [-0.3, -0.25) is 4.98 Å². The van der Waals surface area contributed by atoms with Crippen LogP contribution >= 0.6 is 0 Å². The maximum absolute atomic E-state index is 4.96. The first-order valence-electron chi connectivity index (χ1n) is 8.80. The number of hydrogen-bond donors (Lipinski definition) is 0. The molecule has 0 amide bonds. The molecular weight excluding hydrogens is 498 g/mol. The van der Waals surface area contributed by atoms with Gasteiger partial charge in [-0.1, -0.05) is 65.1 Å². The predicted molar refractivity (Wildman–Crippen MR) is 104 cm³/mol. The van der Waals surface area contributed by atoms with Gasteiger partial charge in [-0.15, -0.1) is 12.1 Å². The fraction of sp³-hybridized carbons (Fsp3) is 0.364. The van der Waals surface area contributed by atoms with Crippen molar-refractivity contribution in [1.29, 1.82) is 0 Å². The summed E-state index contributed by atoms with van der Waals surface area (Å²) < 4.78 is 2.27. The van der Waals surface area contributed by atoms with Crippen LogP contribution < -0.4 is 0 Å². The minimum absolute atomic E-state index is 0. The van der Waals surface area contributed by atoms with Crippen LogP contribution in [-0.4, -0.2) is 14.4 Å². The van der Waals surface area contributed by atoms with Gasteiger partial charge in [0.05, 0.1) is 16.7 Å². The molecule has 3 nitrogen and oxygen atoms in total. The fourth-order valence-corrected chi connectivity index (χ4v) is 3.28. The Hall–Kier alpha value is -1.77. The van der Waals surface area contributed by atoms with Crippen molar-refractivity contribution in [3.05, 3.63) is 53.9 Å². The van der Waals surface area contributed by atoms with Gasteiger partial charge in [-0.2, -0.15) is 0 Å². The number of para-hydroxylation sites is 2. The molecule has 1 radical (unpaired) electrons. The number of benzene rings is 1. The smallest absolute Gasteiger partial charge is 0.0774 e. The molecule has 0 bridgehead atoms. The van der Waals surface area contributed by atoms with E-state index in [4.69, 9.17) is 9.97 Å². The summed E-state index contributed by atoms with van der Waals surface area (Å²) in [5.74, 6) is 0. The summed E-state index contributed by atoms with van der Waals surface area (Å²) in [5, 5.41) is 0.984. The second kappa shape index (κ2) is 6.14. The molecule has 3 aromatic heterocycles. The van der Waals surface area contributed by atoms with Gasteiger partial charge in [0.25, 0.3) is 0 Å². The van der Waals surface area contributed by atoms with Crippen molar-refractivity contribution in [2.75, 3.05) is 0 Å². The average Bonchev–Trinajstić information content (AvgIpc) is 2.91. The Bertz CT molecular complexity index is 1110. The van der Waals surface area contributed by atoms with Crippen molar-refractivity contribution in [1.82, 2.24) is 14.4 Å². The minimum atomic E-state index is -0.0185. The molecular formula is C22H24IrN3-.